The van der Waals surface area contributed by atoms with E-state index in [1.165, 1.54) is 10.9 Å². The first-order valence-electron chi connectivity index (χ1n) is 4.98. The lowest BCUT2D eigenvalue weighted by atomic mass is 10.0. The topological polar surface area (TPSA) is 25.2 Å². The summed E-state index contributed by atoms with van der Waals surface area (Å²) in [7, 11) is 2.03. The fourth-order valence-electron chi connectivity index (χ4n) is 2.10. The second-order valence-corrected chi connectivity index (χ2v) is 4.20. The van der Waals surface area contributed by atoms with E-state index in [2.05, 4.69) is 16.7 Å². The minimum Gasteiger partial charge on any atom is -0.385 e. The van der Waals surface area contributed by atoms with Crippen molar-refractivity contribution < 1.29 is 5.11 Å². The molecular weight excluding hydrogens is 174 g/mol. The molecule has 2 aromatic rings. The van der Waals surface area contributed by atoms with Gasteiger partial charge in [-0.3, -0.25) is 0 Å². The lowest BCUT2D eigenvalue weighted by Crippen LogP contribution is -2.04. The van der Waals surface area contributed by atoms with Crippen molar-refractivity contribution in [3.63, 3.8) is 0 Å². The zero-order valence-electron chi connectivity index (χ0n) is 8.20. The van der Waals surface area contributed by atoms with Crippen molar-refractivity contribution in [3.8, 4) is 0 Å². The second-order valence-electron chi connectivity index (χ2n) is 4.20. The van der Waals surface area contributed by atoms with Gasteiger partial charge in [-0.25, -0.2) is 0 Å². The Labute approximate surface area is 82.8 Å². The molecule has 1 aliphatic rings. The summed E-state index contributed by atoms with van der Waals surface area (Å²) < 4.78 is 2.09. The van der Waals surface area contributed by atoms with Crippen LogP contribution in [-0.2, 0) is 12.6 Å². The van der Waals surface area contributed by atoms with Crippen LogP contribution in [0.25, 0.3) is 10.9 Å². The maximum absolute atomic E-state index is 10.1. The third-order valence-corrected chi connectivity index (χ3v) is 3.15. The molecule has 2 nitrogen and oxygen atoms in total. The van der Waals surface area contributed by atoms with E-state index in [1.807, 2.05) is 25.4 Å². The average molecular weight is 187 g/mol. The van der Waals surface area contributed by atoms with Crippen molar-refractivity contribution in [2.75, 3.05) is 0 Å². The molecule has 0 aliphatic heterocycles. The Morgan fingerprint density at radius 1 is 1.29 bits per heavy atom. The first-order valence-corrected chi connectivity index (χ1v) is 4.98. The van der Waals surface area contributed by atoms with E-state index in [0.717, 1.165) is 18.4 Å². The van der Waals surface area contributed by atoms with Crippen molar-refractivity contribution in [1.29, 1.82) is 0 Å². The summed E-state index contributed by atoms with van der Waals surface area (Å²) in [6.45, 7) is 0. The maximum Gasteiger partial charge on any atom is 0.0905 e. The van der Waals surface area contributed by atoms with Crippen LogP contribution in [0.15, 0.2) is 30.5 Å². The molecule has 0 unspecified atom stereocenters. The van der Waals surface area contributed by atoms with Crippen LogP contribution in [-0.4, -0.2) is 9.67 Å². The number of aliphatic hydroxyl groups is 1. The van der Waals surface area contributed by atoms with Crippen LogP contribution in [0.5, 0.6) is 0 Å². The molecule has 0 spiro atoms. The van der Waals surface area contributed by atoms with E-state index in [1.54, 1.807) is 0 Å². The highest BCUT2D eigenvalue weighted by atomic mass is 16.3. The third kappa shape index (κ3) is 0.946. The number of fused-ring (bicyclic) bond motifs is 1. The van der Waals surface area contributed by atoms with Gasteiger partial charge in [0.25, 0.3) is 0 Å². The highest BCUT2D eigenvalue weighted by Gasteiger charge is 2.43. The van der Waals surface area contributed by atoms with Gasteiger partial charge < -0.3 is 9.67 Å². The van der Waals surface area contributed by atoms with Gasteiger partial charge in [-0.15, -0.1) is 0 Å². The minimum absolute atomic E-state index is 0.527. The molecule has 1 aromatic heterocycles. The van der Waals surface area contributed by atoms with Gasteiger partial charge in [0.2, 0.25) is 0 Å². The predicted molar refractivity (Wildman–Crippen MR) is 56.0 cm³/mol. The van der Waals surface area contributed by atoms with Crippen LogP contribution in [0.1, 0.15) is 18.4 Å². The van der Waals surface area contributed by atoms with Crippen molar-refractivity contribution >= 4 is 10.9 Å². The lowest BCUT2D eigenvalue weighted by molar-refractivity contribution is 0.153. The average Bonchev–Trinajstić information content (AvgIpc) is 2.83. The van der Waals surface area contributed by atoms with E-state index >= 15 is 0 Å². The number of aromatic nitrogens is 1. The monoisotopic (exact) mass is 187 g/mol. The highest BCUT2D eigenvalue weighted by Crippen LogP contribution is 2.47. The molecule has 0 radical (unpaired) electrons. The normalized spacial score (nSPS) is 18.7. The molecule has 14 heavy (non-hydrogen) atoms. The Balaban J connectivity index is 2.34. The summed E-state index contributed by atoms with van der Waals surface area (Å²) in [5.41, 5.74) is 1.76. The molecule has 1 N–H and O–H groups in total. The van der Waals surface area contributed by atoms with Gasteiger partial charge in [0.05, 0.1) is 5.60 Å². The SMILES string of the molecule is Cn1ccc2c(C3(O)CC3)cccc21. The fraction of sp³-hybridized carbons (Fsp3) is 0.333. The molecule has 3 rings (SSSR count). The first-order chi connectivity index (χ1) is 6.71. The van der Waals surface area contributed by atoms with E-state index in [9.17, 15) is 5.11 Å². The number of rotatable bonds is 1. The third-order valence-electron chi connectivity index (χ3n) is 3.15. The van der Waals surface area contributed by atoms with Gasteiger partial charge in [-0.05, 0) is 30.5 Å². The molecule has 2 heteroatoms. The van der Waals surface area contributed by atoms with Crippen LogP contribution in [0.3, 0.4) is 0 Å². The molecule has 1 heterocycles. The van der Waals surface area contributed by atoms with Crippen LogP contribution in [0, 0.1) is 0 Å². The Morgan fingerprint density at radius 2 is 2.07 bits per heavy atom. The van der Waals surface area contributed by atoms with Crippen molar-refractivity contribution in [1.82, 2.24) is 4.57 Å². The summed E-state index contributed by atoms with van der Waals surface area (Å²) >= 11 is 0. The summed E-state index contributed by atoms with van der Waals surface area (Å²) in [5.74, 6) is 0. The number of hydrogen-bond acceptors (Lipinski definition) is 1. The highest BCUT2D eigenvalue weighted by molar-refractivity contribution is 5.84. The lowest BCUT2D eigenvalue weighted by Gasteiger charge is -2.09. The van der Waals surface area contributed by atoms with Crippen molar-refractivity contribution in [2.24, 2.45) is 7.05 Å². The van der Waals surface area contributed by atoms with Gasteiger partial charge in [-0.1, -0.05) is 12.1 Å². The van der Waals surface area contributed by atoms with E-state index in [4.69, 9.17) is 0 Å². The Kier molecular flexibility index (Phi) is 1.38. The zero-order valence-corrected chi connectivity index (χ0v) is 8.20. The van der Waals surface area contributed by atoms with Gasteiger partial charge in [-0.2, -0.15) is 0 Å². The molecule has 1 fully saturated rings. The van der Waals surface area contributed by atoms with E-state index in [-0.39, 0.29) is 0 Å². The molecule has 0 saturated heterocycles. The molecule has 1 aliphatic carbocycles. The number of hydrogen-bond donors (Lipinski definition) is 1. The van der Waals surface area contributed by atoms with Gasteiger partial charge in [0.1, 0.15) is 0 Å². The molecular formula is C12H13NO. The predicted octanol–water partition coefficient (Wildman–Crippen LogP) is 2.16. The molecule has 0 amide bonds. The summed E-state index contributed by atoms with van der Waals surface area (Å²) in [5, 5.41) is 11.3. The quantitative estimate of drug-likeness (QED) is 0.727. The zero-order chi connectivity index (χ0) is 9.76. The van der Waals surface area contributed by atoms with Gasteiger partial charge in [0, 0.05) is 24.1 Å². The molecule has 0 bridgehead atoms. The number of nitrogens with zero attached hydrogens (tertiary/aromatic N) is 1. The fourth-order valence-corrected chi connectivity index (χ4v) is 2.10. The number of benzene rings is 1. The van der Waals surface area contributed by atoms with Crippen molar-refractivity contribution in [3.05, 3.63) is 36.0 Å². The van der Waals surface area contributed by atoms with Crippen LogP contribution < -0.4 is 0 Å². The van der Waals surface area contributed by atoms with E-state index < -0.39 is 5.60 Å². The second kappa shape index (κ2) is 2.39. The summed E-state index contributed by atoms with van der Waals surface area (Å²) in [6, 6.07) is 8.23. The molecule has 72 valence electrons. The van der Waals surface area contributed by atoms with Crippen LogP contribution in [0.2, 0.25) is 0 Å². The smallest absolute Gasteiger partial charge is 0.0905 e. The van der Waals surface area contributed by atoms with Crippen molar-refractivity contribution in [2.45, 2.75) is 18.4 Å². The Morgan fingerprint density at radius 3 is 2.79 bits per heavy atom. The summed E-state index contributed by atoms with van der Waals surface area (Å²) in [6.07, 6.45) is 3.85. The Bertz CT molecular complexity index is 494. The van der Waals surface area contributed by atoms with Gasteiger partial charge >= 0.3 is 0 Å². The van der Waals surface area contributed by atoms with Gasteiger partial charge in [0.15, 0.2) is 0 Å². The largest absolute Gasteiger partial charge is 0.385 e. The standard InChI is InChI=1S/C12H13NO/c1-13-8-5-9-10(12(14)6-7-12)3-2-4-11(9)13/h2-5,8,14H,6-7H2,1H3. The van der Waals surface area contributed by atoms with E-state index in [0.29, 0.717) is 0 Å². The molecule has 1 aromatic carbocycles. The van der Waals surface area contributed by atoms with Crippen LogP contribution in [0.4, 0.5) is 0 Å². The molecule has 0 atom stereocenters. The first kappa shape index (κ1) is 8.06. The van der Waals surface area contributed by atoms with Crippen LogP contribution >= 0.6 is 0 Å². The minimum atomic E-state index is -0.527. The molecule has 1 saturated carbocycles. The summed E-state index contributed by atoms with van der Waals surface area (Å²) in [4.78, 5) is 0. The Hall–Kier alpha value is -1.28. The number of aryl methyl sites for hydroxylation is 1. The maximum atomic E-state index is 10.1.